The van der Waals surface area contributed by atoms with Gasteiger partial charge in [0.2, 0.25) is 0 Å². The monoisotopic (exact) mass is 281 g/mol. The van der Waals surface area contributed by atoms with Crippen molar-refractivity contribution in [2.24, 2.45) is 0 Å². The lowest BCUT2D eigenvalue weighted by molar-refractivity contribution is 0.1000. The highest BCUT2D eigenvalue weighted by Crippen LogP contribution is 2.30. The van der Waals surface area contributed by atoms with Crippen molar-refractivity contribution in [1.82, 2.24) is 9.97 Å². The molecule has 0 aromatic carbocycles. The van der Waals surface area contributed by atoms with E-state index < -0.39 is 0 Å². The van der Waals surface area contributed by atoms with E-state index in [0.29, 0.717) is 11.2 Å². The van der Waals surface area contributed by atoms with Gasteiger partial charge in [0, 0.05) is 37.0 Å². The lowest BCUT2D eigenvalue weighted by Crippen LogP contribution is -2.17. The van der Waals surface area contributed by atoms with Gasteiger partial charge >= 0.3 is 0 Å². The fourth-order valence-corrected chi connectivity index (χ4v) is 3.09. The molecule has 19 heavy (non-hydrogen) atoms. The van der Waals surface area contributed by atoms with Gasteiger partial charge in [0.1, 0.15) is 16.7 Å². The summed E-state index contributed by atoms with van der Waals surface area (Å²) in [6, 6.07) is 2.06. The third kappa shape index (κ3) is 4.35. The fourth-order valence-electron chi connectivity index (χ4n) is 2.00. The molecule has 0 aliphatic carbocycles. The summed E-state index contributed by atoms with van der Waals surface area (Å²) in [5, 5.41) is 5.00. The van der Waals surface area contributed by atoms with Gasteiger partial charge in [0.25, 0.3) is 0 Å². The van der Waals surface area contributed by atoms with Crippen molar-refractivity contribution in [2.75, 3.05) is 25.1 Å². The summed E-state index contributed by atoms with van der Waals surface area (Å²) >= 11 is 1.87. The molecule has 2 heterocycles. The molecule has 0 saturated carbocycles. The van der Waals surface area contributed by atoms with Crippen molar-refractivity contribution < 1.29 is 4.74 Å². The van der Waals surface area contributed by atoms with Gasteiger partial charge in [-0.1, -0.05) is 13.8 Å². The second-order valence-corrected chi connectivity index (χ2v) is 6.38. The molecule has 2 rings (SSSR count). The molecule has 0 atom stereocenters. The molecule has 1 fully saturated rings. The first-order chi connectivity index (χ1) is 9.19. The quantitative estimate of drug-likeness (QED) is 0.839. The third-order valence-corrected chi connectivity index (χ3v) is 4.31. The predicted octanol–water partition coefficient (Wildman–Crippen LogP) is 3.30. The molecule has 1 aliphatic heterocycles. The number of ether oxygens (including phenoxy) is 1. The van der Waals surface area contributed by atoms with Crippen molar-refractivity contribution in [3.63, 3.8) is 0 Å². The van der Waals surface area contributed by atoms with Crippen LogP contribution in [-0.2, 0) is 4.74 Å². The van der Waals surface area contributed by atoms with E-state index in [4.69, 9.17) is 4.74 Å². The number of nitrogens with zero attached hydrogens (tertiary/aromatic N) is 2. The summed E-state index contributed by atoms with van der Waals surface area (Å²) in [6.45, 7) is 8.99. The molecular formula is C14H23N3OS. The number of anilines is 1. The lowest BCUT2D eigenvalue weighted by atomic mass is 10.2. The van der Waals surface area contributed by atoms with Crippen molar-refractivity contribution in [3.8, 4) is 0 Å². The standard InChI is InChI=1S/C14H23N3OS/c1-4-15-12-9-13(17-14(16-12)10(2)3)19-11-5-7-18-8-6-11/h9-11H,4-8H2,1-3H3,(H,15,16,17). The molecule has 1 N–H and O–H groups in total. The second kappa shape index (κ2) is 7.10. The van der Waals surface area contributed by atoms with E-state index in [-0.39, 0.29) is 0 Å². The molecule has 1 saturated heterocycles. The first-order valence-electron chi connectivity index (χ1n) is 7.06. The topological polar surface area (TPSA) is 47.0 Å². The van der Waals surface area contributed by atoms with Gasteiger partial charge in [0.15, 0.2) is 0 Å². The van der Waals surface area contributed by atoms with Crippen LogP contribution in [0.4, 0.5) is 5.82 Å². The van der Waals surface area contributed by atoms with E-state index in [2.05, 4.69) is 42.1 Å². The van der Waals surface area contributed by atoms with Crippen LogP contribution in [0.2, 0.25) is 0 Å². The highest BCUT2D eigenvalue weighted by atomic mass is 32.2. The third-order valence-electron chi connectivity index (χ3n) is 3.05. The minimum atomic E-state index is 0.354. The summed E-state index contributed by atoms with van der Waals surface area (Å²) in [6.07, 6.45) is 2.23. The van der Waals surface area contributed by atoms with E-state index in [9.17, 15) is 0 Å². The van der Waals surface area contributed by atoms with E-state index >= 15 is 0 Å². The highest BCUT2D eigenvalue weighted by molar-refractivity contribution is 7.99. The zero-order chi connectivity index (χ0) is 13.7. The fraction of sp³-hybridized carbons (Fsp3) is 0.714. The molecule has 0 unspecified atom stereocenters. The smallest absolute Gasteiger partial charge is 0.134 e. The van der Waals surface area contributed by atoms with Gasteiger partial charge in [0.05, 0.1) is 0 Å². The number of hydrogen-bond acceptors (Lipinski definition) is 5. The van der Waals surface area contributed by atoms with Crippen molar-refractivity contribution >= 4 is 17.6 Å². The van der Waals surface area contributed by atoms with Gasteiger partial charge < -0.3 is 10.1 Å². The van der Waals surface area contributed by atoms with Crippen LogP contribution >= 0.6 is 11.8 Å². The number of nitrogens with one attached hydrogen (secondary N) is 1. The van der Waals surface area contributed by atoms with Crippen molar-refractivity contribution in [2.45, 2.75) is 49.8 Å². The minimum Gasteiger partial charge on any atom is -0.381 e. The maximum atomic E-state index is 5.40. The Kier molecular flexibility index (Phi) is 5.45. The average Bonchev–Trinajstić information content (AvgIpc) is 2.40. The highest BCUT2D eigenvalue weighted by Gasteiger charge is 2.17. The van der Waals surface area contributed by atoms with Crippen molar-refractivity contribution in [3.05, 3.63) is 11.9 Å². The zero-order valence-electron chi connectivity index (χ0n) is 12.0. The van der Waals surface area contributed by atoms with Crippen LogP contribution in [0.5, 0.6) is 0 Å². The average molecular weight is 281 g/mol. The molecule has 0 bridgehead atoms. The Morgan fingerprint density at radius 3 is 2.74 bits per heavy atom. The molecule has 0 radical (unpaired) electrons. The molecule has 0 amide bonds. The maximum Gasteiger partial charge on any atom is 0.134 e. The normalized spacial score (nSPS) is 16.8. The lowest BCUT2D eigenvalue weighted by Gasteiger charge is -2.21. The van der Waals surface area contributed by atoms with E-state index in [1.807, 2.05) is 11.8 Å². The largest absolute Gasteiger partial charge is 0.381 e. The van der Waals surface area contributed by atoms with E-state index in [0.717, 1.165) is 49.3 Å². The van der Waals surface area contributed by atoms with Crippen LogP contribution in [0, 0.1) is 0 Å². The van der Waals surface area contributed by atoms with Crippen LogP contribution in [0.15, 0.2) is 11.1 Å². The Balaban J connectivity index is 2.12. The minimum absolute atomic E-state index is 0.354. The second-order valence-electron chi connectivity index (χ2n) is 5.06. The Morgan fingerprint density at radius 1 is 1.37 bits per heavy atom. The van der Waals surface area contributed by atoms with Crippen LogP contribution in [0.3, 0.4) is 0 Å². The molecule has 1 aromatic rings. The van der Waals surface area contributed by atoms with Gasteiger partial charge in [-0.05, 0) is 19.8 Å². The number of aromatic nitrogens is 2. The summed E-state index contributed by atoms with van der Waals surface area (Å²) in [4.78, 5) is 9.24. The maximum absolute atomic E-state index is 5.40. The van der Waals surface area contributed by atoms with Gasteiger partial charge in [-0.15, -0.1) is 11.8 Å². The first kappa shape index (κ1) is 14.6. The van der Waals surface area contributed by atoms with Crippen LogP contribution < -0.4 is 5.32 Å². The summed E-state index contributed by atoms with van der Waals surface area (Å²) < 4.78 is 5.40. The van der Waals surface area contributed by atoms with Crippen LogP contribution in [0.25, 0.3) is 0 Å². The molecule has 1 aromatic heterocycles. The summed E-state index contributed by atoms with van der Waals surface area (Å²) in [5.74, 6) is 2.22. The van der Waals surface area contributed by atoms with Crippen LogP contribution in [0.1, 0.15) is 45.4 Å². The number of rotatable bonds is 5. The van der Waals surface area contributed by atoms with E-state index in [1.54, 1.807) is 0 Å². The molecular weight excluding hydrogens is 258 g/mol. The molecule has 4 nitrogen and oxygen atoms in total. The first-order valence-corrected chi connectivity index (χ1v) is 7.94. The molecule has 0 spiro atoms. The summed E-state index contributed by atoms with van der Waals surface area (Å²) in [7, 11) is 0. The summed E-state index contributed by atoms with van der Waals surface area (Å²) in [5.41, 5.74) is 0. The van der Waals surface area contributed by atoms with Gasteiger partial charge in [-0.25, -0.2) is 9.97 Å². The Hall–Kier alpha value is -0.810. The molecule has 5 heteroatoms. The van der Waals surface area contributed by atoms with Gasteiger partial charge in [-0.3, -0.25) is 0 Å². The molecule has 1 aliphatic rings. The zero-order valence-corrected chi connectivity index (χ0v) is 12.8. The Labute approximate surface area is 119 Å². The van der Waals surface area contributed by atoms with Gasteiger partial charge in [-0.2, -0.15) is 0 Å². The SMILES string of the molecule is CCNc1cc(SC2CCOCC2)nc(C(C)C)n1. The van der Waals surface area contributed by atoms with Crippen molar-refractivity contribution in [1.29, 1.82) is 0 Å². The van der Waals surface area contributed by atoms with E-state index in [1.165, 1.54) is 0 Å². The van der Waals surface area contributed by atoms with Crippen LogP contribution in [-0.4, -0.2) is 35.0 Å². The molecule has 106 valence electrons. The number of hydrogen-bond donors (Lipinski definition) is 1. The Morgan fingerprint density at radius 2 is 2.11 bits per heavy atom. The number of thioether (sulfide) groups is 1. The Bertz CT molecular complexity index is 406. The predicted molar refractivity (Wildman–Crippen MR) is 80.0 cm³/mol.